The summed E-state index contributed by atoms with van der Waals surface area (Å²) in [5.41, 5.74) is 0. The van der Waals surface area contributed by atoms with Gasteiger partial charge in [-0.15, -0.1) is 0 Å². The molecule has 1 atom stereocenters. The van der Waals surface area contributed by atoms with Crippen LogP contribution in [-0.4, -0.2) is 69.0 Å². The van der Waals surface area contributed by atoms with Crippen molar-refractivity contribution in [2.45, 2.75) is 17.9 Å². The molecule has 160 valence electrons. The molecule has 1 unspecified atom stereocenters. The lowest BCUT2D eigenvalue weighted by Gasteiger charge is -2.36. The van der Waals surface area contributed by atoms with Gasteiger partial charge in [0.1, 0.15) is 12.4 Å². The Kier molecular flexibility index (Phi) is 5.83. The van der Waals surface area contributed by atoms with Crippen LogP contribution >= 0.6 is 0 Å². The smallest absolute Gasteiger partial charge is 0.267 e. The van der Waals surface area contributed by atoms with Crippen LogP contribution in [0.15, 0.2) is 53.4 Å². The second-order valence-electron chi connectivity index (χ2n) is 7.00. The Balaban J connectivity index is 1.37. The van der Waals surface area contributed by atoms with Crippen LogP contribution in [-0.2, 0) is 14.8 Å². The molecule has 8 nitrogen and oxygen atoms in total. The standard InChI is InChI=1S/C21H24N2O6S/c1-2-27-16-7-9-17(10-8-16)30(25,26)23-13-11-22(12-14-23)21(24)20-15-28-18-5-3-4-6-19(18)29-20/h3-10,20H,2,11-15H2,1H3. The second-order valence-corrected chi connectivity index (χ2v) is 8.94. The van der Waals surface area contributed by atoms with Crippen molar-refractivity contribution < 1.29 is 27.4 Å². The van der Waals surface area contributed by atoms with E-state index in [1.165, 1.54) is 4.31 Å². The van der Waals surface area contributed by atoms with E-state index in [1.54, 1.807) is 41.3 Å². The molecule has 0 spiro atoms. The molecule has 2 aromatic carbocycles. The molecule has 2 aliphatic rings. The summed E-state index contributed by atoms with van der Waals surface area (Å²) >= 11 is 0. The fourth-order valence-electron chi connectivity index (χ4n) is 3.52. The largest absolute Gasteiger partial charge is 0.494 e. The number of benzene rings is 2. The van der Waals surface area contributed by atoms with Crippen molar-refractivity contribution in [2.75, 3.05) is 39.4 Å². The van der Waals surface area contributed by atoms with Crippen LogP contribution in [0.4, 0.5) is 0 Å². The highest BCUT2D eigenvalue weighted by atomic mass is 32.2. The third-order valence-corrected chi connectivity index (χ3v) is 7.02. The van der Waals surface area contributed by atoms with E-state index in [2.05, 4.69) is 0 Å². The van der Waals surface area contributed by atoms with Crippen LogP contribution < -0.4 is 14.2 Å². The Labute approximate surface area is 176 Å². The molecule has 4 rings (SSSR count). The molecule has 0 radical (unpaired) electrons. The maximum absolute atomic E-state index is 12.9. The van der Waals surface area contributed by atoms with Crippen LogP contribution in [0.25, 0.3) is 0 Å². The first-order chi connectivity index (χ1) is 14.5. The number of sulfonamides is 1. The summed E-state index contributed by atoms with van der Waals surface area (Å²) in [5.74, 6) is 1.59. The number of fused-ring (bicyclic) bond motifs is 1. The molecule has 0 aromatic heterocycles. The molecule has 1 fully saturated rings. The monoisotopic (exact) mass is 432 g/mol. The number of piperazine rings is 1. The zero-order valence-corrected chi connectivity index (χ0v) is 17.5. The van der Waals surface area contributed by atoms with Crippen molar-refractivity contribution in [2.24, 2.45) is 0 Å². The normalized spacial score (nSPS) is 19.4. The number of carbonyl (C=O) groups excluding carboxylic acids is 1. The number of hydrogen-bond acceptors (Lipinski definition) is 6. The van der Waals surface area contributed by atoms with Gasteiger partial charge in [0.2, 0.25) is 16.1 Å². The van der Waals surface area contributed by atoms with Gasteiger partial charge in [-0.25, -0.2) is 8.42 Å². The summed E-state index contributed by atoms with van der Waals surface area (Å²) in [4.78, 5) is 14.7. The van der Waals surface area contributed by atoms with E-state index in [0.717, 1.165) is 0 Å². The van der Waals surface area contributed by atoms with Crippen molar-refractivity contribution in [1.82, 2.24) is 9.21 Å². The van der Waals surface area contributed by atoms with Crippen LogP contribution in [0.1, 0.15) is 6.92 Å². The fourth-order valence-corrected chi connectivity index (χ4v) is 4.94. The molecule has 1 amide bonds. The van der Waals surface area contributed by atoms with E-state index >= 15 is 0 Å². The van der Waals surface area contributed by atoms with Crippen LogP contribution in [0.3, 0.4) is 0 Å². The highest BCUT2D eigenvalue weighted by Gasteiger charge is 2.35. The summed E-state index contributed by atoms with van der Waals surface area (Å²) in [7, 11) is -3.62. The molecule has 0 aliphatic carbocycles. The molecular formula is C21H24N2O6S. The number of amides is 1. The van der Waals surface area contributed by atoms with Crippen LogP contribution in [0.5, 0.6) is 17.2 Å². The molecule has 30 heavy (non-hydrogen) atoms. The summed E-state index contributed by atoms with van der Waals surface area (Å²) in [6.45, 7) is 3.59. The van der Waals surface area contributed by atoms with Crippen molar-refractivity contribution in [1.29, 1.82) is 0 Å². The Morgan fingerprint density at radius 2 is 1.70 bits per heavy atom. The van der Waals surface area contributed by atoms with Gasteiger partial charge in [-0.05, 0) is 43.3 Å². The third kappa shape index (κ3) is 4.08. The van der Waals surface area contributed by atoms with Gasteiger partial charge in [-0.2, -0.15) is 4.31 Å². The molecule has 2 aliphatic heterocycles. The predicted octanol–water partition coefficient (Wildman–Crippen LogP) is 1.76. The minimum atomic E-state index is -3.62. The van der Waals surface area contributed by atoms with Gasteiger partial charge >= 0.3 is 0 Å². The Morgan fingerprint density at radius 3 is 2.37 bits per heavy atom. The zero-order chi connectivity index (χ0) is 21.1. The average molecular weight is 432 g/mol. The lowest BCUT2D eigenvalue weighted by Crippen LogP contribution is -2.55. The Morgan fingerprint density at radius 1 is 1.03 bits per heavy atom. The minimum absolute atomic E-state index is 0.139. The van der Waals surface area contributed by atoms with Crippen LogP contribution in [0, 0.1) is 0 Å². The number of hydrogen-bond donors (Lipinski definition) is 0. The molecule has 9 heteroatoms. The van der Waals surface area contributed by atoms with E-state index < -0.39 is 16.1 Å². The van der Waals surface area contributed by atoms with Crippen molar-refractivity contribution >= 4 is 15.9 Å². The van der Waals surface area contributed by atoms with Gasteiger partial charge in [0.25, 0.3) is 5.91 Å². The van der Waals surface area contributed by atoms with Crippen molar-refractivity contribution in [3.63, 3.8) is 0 Å². The van der Waals surface area contributed by atoms with E-state index in [0.29, 0.717) is 36.9 Å². The second kappa shape index (κ2) is 8.53. The van der Waals surface area contributed by atoms with E-state index in [1.807, 2.05) is 19.1 Å². The summed E-state index contributed by atoms with van der Waals surface area (Å²) in [6.07, 6.45) is -0.728. The van der Waals surface area contributed by atoms with Crippen molar-refractivity contribution in [3.05, 3.63) is 48.5 Å². The quantitative estimate of drug-likeness (QED) is 0.716. The number of nitrogens with zero attached hydrogens (tertiary/aromatic N) is 2. The number of carbonyl (C=O) groups is 1. The maximum Gasteiger partial charge on any atom is 0.267 e. The molecular weight excluding hydrogens is 408 g/mol. The topological polar surface area (TPSA) is 85.4 Å². The highest BCUT2D eigenvalue weighted by molar-refractivity contribution is 7.89. The first-order valence-electron chi connectivity index (χ1n) is 9.89. The number of ether oxygens (including phenoxy) is 3. The lowest BCUT2D eigenvalue weighted by molar-refractivity contribution is -0.142. The van der Waals surface area contributed by atoms with Gasteiger partial charge in [-0.3, -0.25) is 4.79 Å². The van der Waals surface area contributed by atoms with Crippen molar-refractivity contribution in [3.8, 4) is 17.2 Å². The molecule has 2 aromatic rings. The average Bonchev–Trinajstić information content (AvgIpc) is 2.79. The minimum Gasteiger partial charge on any atom is -0.494 e. The first kappa shape index (κ1) is 20.5. The summed E-state index contributed by atoms with van der Waals surface area (Å²) < 4.78 is 44.0. The fraction of sp³-hybridized carbons (Fsp3) is 0.381. The van der Waals surface area contributed by atoms with Gasteiger partial charge < -0.3 is 19.1 Å². The van der Waals surface area contributed by atoms with E-state index in [4.69, 9.17) is 14.2 Å². The zero-order valence-electron chi connectivity index (χ0n) is 16.7. The molecule has 0 saturated carbocycles. The lowest BCUT2D eigenvalue weighted by atomic mass is 10.2. The molecule has 1 saturated heterocycles. The number of rotatable bonds is 5. The van der Waals surface area contributed by atoms with Crippen LogP contribution in [0.2, 0.25) is 0 Å². The molecule has 2 heterocycles. The Hall–Kier alpha value is -2.78. The van der Waals surface area contributed by atoms with Gasteiger partial charge in [0, 0.05) is 26.2 Å². The van der Waals surface area contributed by atoms with Gasteiger partial charge in [-0.1, -0.05) is 12.1 Å². The van der Waals surface area contributed by atoms with Gasteiger partial charge in [0.15, 0.2) is 11.5 Å². The molecule has 0 bridgehead atoms. The SMILES string of the molecule is CCOc1ccc(S(=O)(=O)N2CCN(C(=O)C3COc4ccccc4O3)CC2)cc1. The summed E-state index contributed by atoms with van der Waals surface area (Å²) in [6, 6.07) is 13.6. The maximum atomic E-state index is 12.9. The Bertz CT molecular complexity index is 1000. The van der Waals surface area contributed by atoms with E-state index in [9.17, 15) is 13.2 Å². The highest BCUT2D eigenvalue weighted by Crippen LogP contribution is 2.31. The molecule has 0 N–H and O–H groups in total. The summed E-state index contributed by atoms with van der Waals surface area (Å²) in [5, 5.41) is 0. The number of para-hydroxylation sites is 2. The first-order valence-corrected chi connectivity index (χ1v) is 11.3. The van der Waals surface area contributed by atoms with E-state index in [-0.39, 0.29) is 30.5 Å². The van der Waals surface area contributed by atoms with Gasteiger partial charge in [0.05, 0.1) is 11.5 Å². The third-order valence-electron chi connectivity index (χ3n) is 5.11. The predicted molar refractivity (Wildman–Crippen MR) is 109 cm³/mol.